The molecule has 1 saturated heterocycles. The smallest absolute Gasteiger partial charge is 0.292 e. The third-order valence-corrected chi connectivity index (χ3v) is 6.41. The molecule has 0 aromatic heterocycles. The first-order chi connectivity index (χ1) is 13.7. The number of hydrogen-bond donors (Lipinski definition) is 0. The van der Waals surface area contributed by atoms with Crippen LogP contribution in [0.1, 0.15) is 5.56 Å². The molecule has 8 nitrogen and oxygen atoms in total. The minimum Gasteiger partial charge on any atom is -0.363 e. The summed E-state index contributed by atoms with van der Waals surface area (Å²) in [6, 6.07) is 6.87. The average molecular weight is 426 g/mol. The summed E-state index contributed by atoms with van der Waals surface area (Å²) in [5.41, 5.74) is 0.113. The maximum atomic E-state index is 13.9. The van der Waals surface area contributed by atoms with E-state index in [9.17, 15) is 31.7 Å². The molecule has 0 N–H and O–H groups in total. The van der Waals surface area contributed by atoms with Crippen LogP contribution in [0.15, 0.2) is 35.2 Å². The van der Waals surface area contributed by atoms with Gasteiger partial charge >= 0.3 is 0 Å². The quantitative estimate of drug-likeness (QED) is 0.422. The van der Waals surface area contributed by atoms with Crippen LogP contribution in [0.5, 0.6) is 0 Å². The Labute approximate surface area is 163 Å². The van der Waals surface area contributed by atoms with E-state index in [1.54, 1.807) is 0 Å². The van der Waals surface area contributed by atoms with Crippen LogP contribution in [-0.4, -0.2) is 43.8 Å². The van der Waals surface area contributed by atoms with Gasteiger partial charge in [0.1, 0.15) is 10.6 Å². The van der Waals surface area contributed by atoms with Gasteiger partial charge in [-0.25, -0.2) is 21.6 Å². The fourth-order valence-corrected chi connectivity index (χ4v) is 4.49. The molecule has 1 heterocycles. The average Bonchev–Trinajstić information content (AvgIpc) is 2.71. The molecule has 152 valence electrons. The summed E-state index contributed by atoms with van der Waals surface area (Å²) in [6.45, 7) is -0.316. The van der Waals surface area contributed by atoms with Crippen LogP contribution in [0.2, 0.25) is 0 Å². The molecule has 0 radical (unpaired) electrons. The lowest BCUT2D eigenvalue weighted by Crippen LogP contribution is -2.49. The number of rotatable bonds is 4. The molecule has 0 unspecified atom stereocenters. The zero-order chi connectivity index (χ0) is 21.3. The van der Waals surface area contributed by atoms with E-state index < -0.39 is 37.3 Å². The molecule has 0 spiro atoms. The summed E-state index contributed by atoms with van der Waals surface area (Å²) in [5, 5.41) is 20.3. The SMILES string of the molecule is N#Cc1ccc([N+](=O)[O-])c(N2CCN(S(=O)(=O)c3ccc(F)c(F)c3F)CC2)c1. The van der Waals surface area contributed by atoms with Crippen LogP contribution in [-0.2, 0) is 10.0 Å². The van der Waals surface area contributed by atoms with Gasteiger partial charge in [0.2, 0.25) is 10.0 Å². The number of nitro benzene ring substituents is 1. The first-order valence-electron chi connectivity index (χ1n) is 8.24. The van der Waals surface area contributed by atoms with Crippen molar-refractivity contribution in [3.8, 4) is 6.07 Å². The van der Waals surface area contributed by atoms with Crippen LogP contribution < -0.4 is 4.90 Å². The van der Waals surface area contributed by atoms with Gasteiger partial charge in [-0.05, 0) is 24.3 Å². The molecular formula is C17H13F3N4O4S. The van der Waals surface area contributed by atoms with E-state index in [0.717, 1.165) is 4.31 Å². The highest BCUT2D eigenvalue weighted by Crippen LogP contribution is 2.31. The molecule has 1 aliphatic heterocycles. The molecule has 2 aromatic carbocycles. The molecule has 1 aliphatic rings. The number of piperazine rings is 1. The number of nitriles is 1. The number of hydrogen-bond acceptors (Lipinski definition) is 6. The van der Waals surface area contributed by atoms with Crippen LogP contribution in [0.25, 0.3) is 0 Å². The van der Waals surface area contributed by atoms with Crippen molar-refractivity contribution in [1.29, 1.82) is 5.26 Å². The predicted octanol–water partition coefficient (Wildman–Crippen LogP) is 2.39. The summed E-state index contributed by atoms with van der Waals surface area (Å²) in [7, 11) is -4.44. The van der Waals surface area contributed by atoms with E-state index in [1.807, 2.05) is 6.07 Å². The van der Waals surface area contributed by atoms with Gasteiger partial charge in [0.25, 0.3) is 5.69 Å². The molecule has 0 bridgehead atoms. The van der Waals surface area contributed by atoms with Crippen molar-refractivity contribution in [3.05, 3.63) is 63.5 Å². The molecule has 12 heteroatoms. The Balaban J connectivity index is 1.85. The first-order valence-corrected chi connectivity index (χ1v) is 9.68. The van der Waals surface area contributed by atoms with Crippen molar-refractivity contribution < 1.29 is 26.5 Å². The minimum atomic E-state index is -4.44. The second-order valence-electron chi connectivity index (χ2n) is 6.14. The summed E-state index contributed by atoms with van der Waals surface area (Å²) in [4.78, 5) is 11.2. The van der Waals surface area contributed by atoms with E-state index in [-0.39, 0.29) is 43.1 Å². The zero-order valence-electron chi connectivity index (χ0n) is 14.7. The van der Waals surface area contributed by atoms with Gasteiger partial charge in [0.15, 0.2) is 17.5 Å². The molecule has 0 amide bonds. The molecule has 2 aromatic rings. The second-order valence-corrected chi connectivity index (χ2v) is 8.04. The van der Waals surface area contributed by atoms with Gasteiger partial charge in [-0.15, -0.1) is 0 Å². The minimum absolute atomic E-state index is 0.0141. The van der Waals surface area contributed by atoms with Gasteiger partial charge in [0.05, 0.1) is 16.6 Å². The Morgan fingerprint density at radius 1 is 1.03 bits per heavy atom. The maximum Gasteiger partial charge on any atom is 0.292 e. The topological polar surface area (TPSA) is 108 Å². The summed E-state index contributed by atoms with van der Waals surface area (Å²) < 4.78 is 66.6. The van der Waals surface area contributed by atoms with Gasteiger partial charge in [0, 0.05) is 32.2 Å². The molecule has 1 fully saturated rings. The highest BCUT2D eigenvalue weighted by molar-refractivity contribution is 7.89. The summed E-state index contributed by atoms with van der Waals surface area (Å²) >= 11 is 0. The van der Waals surface area contributed by atoms with Gasteiger partial charge < -0.3 is 4.90 Å². The third-order valence-electron chi connectivity index (χ3n) is 4.50. The van der Waals surface area contributed by atoms with E-state index in [4.69, 9.17) is 5.26 Å². The largest absolute Gasteiger partial charge is 0.363 e. The van der Waals surface area contributed by atoms with E-state index in [0.29, 0.717) is 12.1 Å². The Kier molecular flexibility index (Phi) is 5.45. The standard InChI is InChI=1S/C17H13F3N4O4S/c18-12-2-4-15(17(20)16(12)19)29(27,28)23-7-5-22(6-8-23)14-9-11(10-21)1-3-13(14)24(25)26/h1-4,9H,5-8H2. The van der Waals surface area contributed by atoms with Crippen LogP contribution in [0.4, 0.5) is 24.5 Å². The Hall–Kier alpha value is -3.17. The fourth-order valence-electron chi connectivity index (χ4n) is 3.02. The van der Waals surface area contributed by atoms with Crippen molar-refractivity contribution in [1.82, 2.24) is 4.31 Å². The number of benzene rings is 2. The van der Waals surface area contributed by atoms with Crippen molar-refractivity contribution in [2.45, 2.75) is 4.90 Å². The van der Waals surface area contributed by atoms with Crippen molar-refractivity contribution in [2.75, 3.05) is 31.1 Å². The van der Waals surface area contributed by atoms with Gasteiger partial charge in [-0.2, -0.15) is 9.57 Å². The van der Waals surface area contributed by atoms with Crippen molar-refractivity contribution in [2.24, 2.45) is 0 Å². The van der Waals surface area contributed by atoms with Gasteiger partial charge in [-0.3, -0.25) is 10.1 Å². The van der Waals surface area contributed by atoms with E-state index in [1.165, 1.54) is 23.1 Å². The van der Waals surface area contributed by atoms with Crippen LogP contribution in [0.3, 0.4) is 0 Å². The molecule has 3 rings (SSSR count). The number of sulfonamides is 1. The number of nitrogens with zero attached hydrogens (tertiary/aromatic N) is 4. The van der Waals surface area contributed by atoms with Crippen LogP contribution in [0, 0.1) is 38.9 Å². The molecule has 0 aliphatic carbocycles. The normalized spacial score (nSPS) is 15.2. The monoisotopic (exact) mass is 426 g/mol. The van der Waals surface area contributed by atoms with Crippen molar-refractivity contribution >= 4 is 21.4 Å². The predicted molar refractivity (Wildman–Crippen MR) is 95.1 cm³/mol. The fraction of sp³-hybridized carbons (Fsp3) is 0.235. The molecular weight excluding hydrogens is 413 g/mol. The Morgan fingerprint density at radius 3 is 2.28 bits per heavy atom. The van der Waals surface area contributed by atoms with Crippen LogP contribution >= 0.6 is 0 Å². The maximum absolute atomic E-state index is 13.9. The number of anilines is 1. The molecule has 0 atom stereocenters. The number of halogens is 3. The highest BCUT2D eigenvalue weighted by Gasteiger charge is 2.33. The summed E-state index contributed by atoms with van der Waals surface area (Å²) in [5.74, 6) is -5.19. The lowest BCUT2D eigenvalue weighted by atomic mass is 10.1. The number of nitro groups is 1. The first kappa shape index (κ1) is 20.6. The Bertz CT molecular complexity index is 1130. The molecule has 29 heavy (non-hydrogen) atoms. The lowest BCUT2D eigenvalue weighted by Gasteiger charge is -2.35. The summed E-state index contributed by atoms with van der Waals surface area (Å²) in [6.07, 6.45) is 0. The van der Waals surface area contributed by atoms with E-state index >= 15 is 0 Å². The van der Waals surface area contributed by atoms with Crippen molar-refractivity contribution in [3.63, 3.8) is 0 Å². The third kappa shape index (κ3) is 3.74. The zero-order valence-corrected chi connectivity index (χ0v) is 15.5. The lowest BCUT2D eigenvalue weighted by molar-refractivity contribution is -0.384. The second kappa shape index (κ2) is 7.69. The Morgan fingerprint density at radius 2 is 1.69 bits per heavy atom. The van der Waals surface area contributed by atoms with Gasteiger partial charge in [-0.1, -0.05) is 0 Å². The highest BCUT2D eigenvalue weighted by atomic mass is 32.2. The molecule has 0 saturated carbocycles. The van der Waals surface area contributed by atoms with E-state index in [2.05, 4.69) is 0 Å².